The number of rotatable bonds is 52. The van der Waals surface area contributed by atoms with E-state index in [1.807, 2.05) is 6.08 Å². The van der Waals surface area contributed by atoms with E-state index in [4.69, 9.17) is 47.4 Å². The van der Waals surface area contributed by atoms with Crippen molar-refractivity contribution < 1.29 is 153 Å². The van der Waals surface area contributed by atoms with E-state index >= 15 is 0 Å². The lowest BCUT2D eigenvalue weighted by molar-refractivity contribution is -0.383. The van der Waals surface area contributed by atoms with Crippen LogP contribution in [0.3, 0.4) is 0 Å². The number of nitrogens with one attached hydrogen (secondary N) is 3. The van der Waals surface area contributed by atoms with E-state index in [1.54, 1.807) is 6.08 Å². The van der Waals surface area contributed by atoms with Gasteiger partial charge in [0.15, 0.2) is 25.2 Å². The van der Waals surface area contributed by atoms with Crippen molar-refractivity contribution in [2.45, 2.75) is 385 Å². The van der Waals surface area contributed by atoms with Crippen molar-refractivity contribution in [3.8, 4) is 0 Å². The van der Waals surface area contributed by atoms with E-state index in [2.05, 4.69) is 29.8 Å². The Morgan fingerprint density at radius 3 is 1.44 bits per heavy atom. The van der Waals surface area contributed by atoms with Gasteiger partial charge in [-0.25, -0.2) is 4.79 Å². The van der Waals surface area contributed by atoms with Gasteiger partial charge in [-0.1, -0.05) is 180 Å². The monoisotopic (exact) mass is 1550 g/mol. The summed E-state index contributed by atoms with van der Waals surface area (Å²) in [5.41, 5.74) is 0. The van der Waals surface area contributed by atoms with Crippen LogP contribution in [0.25, 0.3) is 0 Å². The number of carboxylic acids is 1. The van der Waals surface area contributed by atoms with Gasteiger partial charge in [0.25, 0.3) is 5.79 Å². The van der Waals surface area contributed by atoms with E-state index < -0.39 is 235 Å². The number of carbonyl (C=O) groups excluding carboxylic acids is 3. The second-order valence-electron chi connectivity index (χ2n) is 29.3. The normalized spacial score (nSPS) is 34.6. The molecular formula is C73H131N3O31. The fourth-order valence-electron chi connectivity index (χ4n) is 14.2. The predicted octanol–water partition coefficient (Wildman–Crippen LogP) is -1.04. The number of unbranched alkanes of at least 4 members (excludes halogenated alkanes) is 25. The zero-order valence-electron chi connectivity index (χ0n) is 62.8. The maximum atomic E-state index is 13.6. The van der Waals surface area contributed by atoms with Crippen LogP contribution >= 0.6 is 0 Å². The summed E-state index contributed by atoms with van der Waals surface area (Å²) in [6.45, 7) is 0.591. The molecule has 624 valence electrons. The number of allylic oxidation sites excluding steroid dienone is 1. The number of aliphatic hydroxyl groups is 16. The topological polar surface area (TPSA) is 541 Å². The minimum Gasteiger partial charge on any atom is -0.477 e. The minimum atomic E-state index is -3.19. The summed E-state index contributed by atoms with van der Waals surface area (Å²) in [6, 6.07) is -4.64. The summed E-state index contributed by atoms with van der Waals surface area (Å²) in [5, 5.41) is 196. The molecule has 0 radical (unpaired) electrons. The first-order valence-electron chi connectivity index (χ1n) is 39.1. The molecule has 20 N–H and O–H groups in total. The van der Waals surface area contributed by atoms with Crippen molar-refractivity contribution in [3.63, 3.8) is 0 Å². The van der Waals surface area contributed by atoms with Crippen molar-refractivity contribution in [2.24, 2.45) is 0 Å². The first-order chi connectivity index (χ1) is 51.2. The molecule has 0 aromatic rings. The third kappa shape index (κ3) is 29.8. The summed E-state index contributed by atoms with van der Waals surface area (Å²) < 4.78 is 59.3. The molecule has 34 heteroatoms. The van der Waals surface area contributed by atoms with Crippen molar-refractivity contribution in [1.82, 2.24) is 16.0 Å². The number of hydrogen-bond acceptors (Lipinski definition) is 30. The number of carboxylic acid groups (broad SMARTS) is 1. The molecule has 0 aromatic heterocycles. The molecule has 0 aromatic carbocycles. The summed E-state index contributed by atoms with van der Waals surface area (Å²) in [6.07, 6.45) is -14.5. The highest BCUT2D eigenvalue weighted by molar-refractivity contribution is 5.77. The molecule has 0 spiro atoms. The largest absolute Gasteiger partial charge is 0.477 e. The molecule has 5 aliphatic heterocycles. The Bertz CT molecular complexity index is 2500. The molecule has 5 fully saturated rings. The van der Waals surface area contributed by atoms with Crippen LogP contribution in [0.15, 0.2) is 12.2 Å². The van der Waals surface area contributed by atoms with Crippen LogP contribution in [0.2, 0.25) is 0 Å². The average Bonchev–Trinajstić information content (AvgIpc) is 0.793. The van der Waals surface area contributed by atoms with Gasteiger partial charge in [-0.2, -0.15) is 0 Å². The fourth-order valence-corrected chi connectivity index (χ4v) is 14.2. The lowest BCUT2D eigenvalue weighted by Gasteiger charge is -2.50. The van der Waals surface area contributed by atoms with Gasteiger partial charge in [0.2, 0.25) is 17.7 Å². The van der Waals surface area contributed by atoms with Gasteiger partial charge < -0.3 is 150 Å². The predicted molar refractivity (Wildman–Crippen MR) is 378 cm³/mol. The lowest BCUT2D eigenvalue weighted by Crippen LogP contribution is -2.70. The highest BCUT2D eigenvalue weighted by Crippen LogP contribution is 2.37. The summed E-state index contributed by atoms with van der Waals surface area (Å²) >= 11 is 0. The summed E-state index contributed by atoms with van der Waals surface area (Å²) in [7, 11) is 0. The molecule has 4 unspecified atom stereocenters. The number of carbonyl (C=O) groups is 4. The molecule has 107 heavy (non-hydrogen) atoms. The highest BCUT2D eigenvalue weighted by atomic mass is 16.8. The number of aliphatic hydroxyl groups excluding tert-OH is 15. The number of hydrogen-bond donors (Lipinski definition) is 20. The van der Waals surface area contributed by atoms with Crippen molar-refractivity contribution >= 4 is 23.7 Å². The lowest BCUT2D eigenvalue weighted by atomic mass is 9.88. The Kier molecular flexibility index (Phi) is 44.0. The van der Waals surface area contributed by atoms with Crippen LogP contribution in [0.1, 0.15) is 214 Å². The minimum absolute atomic E-state index is 0.148. The molecule has 0 bridgehead atoms. The van der Waals surface area contributed by atoms with Crippen LogP contribution in [0.5, 0.6) is 0 Å². The number of aliphatic carboxylic acids is 1. The molecule has 3 amide bonds. The Labute approximate surface area is 627 Å². The van der Waals surface area contributed by atoms with E-state index in [0.29, 0.717) is 12.8 Å². The number of ether oxygens (including phenoxy) is 10. The zero-order chi connectivity index (χ0) is 78.8. The van der Waals surface area contributed by atoms with Gasteiger partial charge in [0.1, 0.15) is 116 Å². The van der Waals surface area contributed by atoms with Gasteiger partial charge >= 0.3 is 5.97 Å². The second kappa shape index (κ2) is 49.9. The smallest absolute Gasteiger partial charge is 0.364 e. The molecule has 5 aliphatic rings. The molecule has 0 aliphatic carbocycles. The van der Waals surface area contributed by atoms with Gasteiger partial charge in [0, 0.05) is 26.7 Å². The maximum absolute atomic E-state index is 13.6. The molecule has 5 saturated heterocycles. The van der Waals surface area contributed by atoms with E-state index in [1.165, 1.54) is 109 Å². The fraction of sp³-hybridized carbons (Fsp3) is 0.918. The second-order valence-corrected chi connectivity index (χ2v) is 29.3. The van der Waals surface area contributed by atoms with E-state index in [9.17, 15) is 106 Å². The van der Waals surface area contributed by atoms with Gasteiger partial charge in [0.05, 0.1) is 63.9 Å². The van der Waals surface area contributed by atoms with Gasteiger partial charge in [-0.05, 0) is 19.3 Å². The standard InChI is InChI=1S/C73H131N3O31/c1-5-7-9-11-13-15-17-19-20-22-24-26-28-30-32-34-52(86)76-44(45(83)33-31-29-27-25-23-21-18-16-14-12-10-8-6-2)40-99-69-61(93)59(91)63(50(38-79)102-69)104-71-62(94)67(98-41-47(85)55(87)66-53(74-42(3)81)46(84)35-73(97,107-66)72(95)96)64(51(39-80)103-71)105-68-54(75-43(4)82)65(57(89)49(37-78)100-68)106-70-60(92)58(90)56(88)48(36-77)101-70/h31,33,44-51,53-71,77-80,83-85,87-94,97H,5-30,32,34-41H2,1-4H3,(H,74,81)(H,75,82)(H,76,86)(H,95,96)/b33-31+/t44?,45?,46-,47?,48+,49+,50+,51+,53+,54+,55?,56-,57-,58-,59+,60+,61+,62+,63+,64-,65+,66+,67+,68-,69+,70-,71-,73-/m0/s1. The van der Waals surface area contributed by atoms with Crippen molar-refractivity contribution in [2.75, 3.05) is 39.6 Å². The Hall–Kier alpha value is -3.42. The third-order valence-electron chi connectivity index (χ3n) is 20.6. The highest BCUT2D eigenvalue weighted by Gasteiger charge is 2.58. The SMILES string of the molecule is CCCCCCCCCCCCC/C=C/C(O)C(CO[C@@H]1O[C@H](CO)[C@@H](O[C@@H]2O[C@H](CO)[C@H](O[C@@H]3O[C@H](CO)[C@H](O)[C@H](O[C@@H]4O[C@H](CO)[C@H](O)[C@H](O)[C@H]4O)[C@H]3NC(C)=O)[C@H](OCC(O)C(O)[C@@H]3O[C@](O)(C(=O)O)C[C@H](O)[C@H]3NC(C)=O)[C@H]2O)[C@H](O)[C@H]1O)NC(=O)CCCCCCCCCCCCCCCCC. The Morgan fingerprint density at radius 2 is 0.916 bits per heavy atom. The van der Waals surface area contributed by atoms with E-state index in [-0.39, 0.29) is 12.3 Å². The molecule has 0 saturated carbocycles. The van der Waals surface area contributed by atoms with Crippen molar-refractivity contribution in [3.05, 3.63) is 12.2 Å². The maximum Gasteiger partial charge on any atom is 0.364 e. The van der Waals surface area contributed by atoms with E-state index in [0.717, 1.165) is 65.2 Å². The number of amides is 3. The Morgan fingerprint density at radius 1 is 0.477 bits per heavy atom. The molecule has 5 rings (SSSR count). The van der Waals surface area contributed by atoms with Crippen LogP contribution in [0.4, 0.5) is 0 Å². The van der Waals surface area contributed by atoms with Crippen molar-refractivity contribution in [1.29, 1.82) is 0 Å². The first kappa shape index (κ1) is 94.2. The van der Waals surface area contributed by atoms with Crippen LogP contribution in [-0.2, 0) is 66.5 Å². The van der Waals surface area contributed by atoms with Crippen LogP contribution in [-0.4, -0.2) is 321 Å². The molecular weight excluding hydrogens is 1410 g/mol. The first-order valence-corrected chi connectivity index (χ1v) is 39.1. The Balaban J connectivity index is 1.36. The van der Waals surface area contributed by atoms with Crippen LogP contribution in [0, 0.1) is 0 Å². The molecule has 28 atom stereocenters. The quantitative estimate of drug-likeness (QED) is 0.0255. The summed E-state index contributed by atoms with van der Waals surface area (Å²) in [5.74, 6) is -7.31. The van der Waals surface area contributed by atoms with Crippen LogP contribution < -0.4 is 16.0 Å². The molecule has 5 heterocycles. The average molecular weight is 1550 g/mol. The zero-order valence-corrected chi connectivity index (χ0v) is 62.8. The summed E-state index contributed by atoms with van der Waals surface area (Å²) in [4.78, 5) is 51.1. The molecule has 34 nitrogen and oxygen atoms in total. The van der Waals surface area contributed by atoms with Gasteiger partial charge in [-0.15, -0.1) is 0 Å². The third-order valence-corrected chi connectivity index (χ3v) is 20.6. The van der Waals surface area contributed by atoms with Gasteiger partial charge in [-0.3, -0.25) is 14.4 Å².